The van der Waals surface area contributed by atoms with E-state index in [0.717, 1.165) is 11.1 Å². The Kier molecular flexibility index (Phi) is 4.40. The molecule has 19 heavy (non-hydrogen) atoms. The minimum Gasteiger partial charge on any atom is -0.454 e. The van der Waals surface area contributed by atoms with Crippen LogP contribution in [0.25, 0.3) is 0 Å². The summed E-state index contributed by atoms with van der Waals surface area (Å²) in [5.41, 5.74) is 7.17. The summed E-state index contributed by atoms with van der Waals surface area (Å²) < 4.78 is 19.5. The van der Waals surface area contributed by atoms with Gasteiger partial charge >= 0.3 is 0 Å². The second-order valence-corrected chi connectivity index (χ2v) is 4.69. The predicted molar refractivity (Wildman–Crippen MR) is 75.4 cm³/mol. The first-order valence-corrected chi connectivity index (χ1v) is 6.41. The van der Waals surface area contributed by atoms with Crippen LogP contribution in [0, 0.1) is 12.7 Å². The highest BCUT2D eigenvalue weighted by Crippen LogP contribution is 2.30. The number of aryl methyl sites for hydroxylation is 1. The summed E-state index contributed by atoms with van der Waals surface area (Å²) in [7, 11) is 0. The molecule has 2 rings (SSSR count). The Hall–Kier alpha value is -1.58. The number of rotatable bonds is 4. The molecule has 4 heteroatoms. The van der Waals surface area contributed by atoms with Crippen LogP contribution in [-0.4, -0.2) is 6.54 Å². The van der Waals surface area contributed by atoms with E-state index in [1.807, 2.05) is 13.0 Å². The highest BCUT2D eigenvalue weighted by Gasteiger charge is 2.11. The SMILES string of the molecule is Cc1cc(Oc2c(F)cccc2CCN)ccc1Cl. The van der Waals surface area contributed by atoms with Crippen molar-refractivity contribution in [3.8, 4) is 11.5 Å². The molecule has 0 bridgehead atoms. The first-order valence-electron chi connectivity index (χ1n) is 6.03. The van der Waals surface area contributed by atoms with Gasteiger partial charge in [0.25, 0.3) is 0 Å². The molecule has 2 nitrogen and oxygen atoms in total. The van der Waals surface area contributed by atoms with Crippen molar-refractivity contribution >= 4 is 11.6 Å². The van der Waals surface area contributed by atoms with Gasteiger partial charge < -0.3 is 10.5 Å². The lowest BCUT2D eigenvalue weighted by atomic mass is 10.1. The topological polar surface area (TPSA) is 35.2 Å². The molecule has 0 aliphatic heterocycles. The second kappa shape index (κ2) is 6.04. The van der Waals surface area contributed by atoms with Gasteiger partial charge in [-0.05, 0) is 55.3 Å². The summed E-state index contributed by atoms with van der Waals surface area (Å²) in [4.78, 5) is 0. The Morgan fingerprint density at radius 1 is 1.26 bits per heavy atom. The largest absolute Gasteiger partial charge is 0.454 e. The van der Waals surface area contributed by atoms with E-state index in [9.17, 15) is 4.39 Å². The normalized spacial score (nSPS) is 10.5. The molecular formula is C15H15ClFNO. The molecule has 0 saturated carbocycles. The summed E-state index contributed by atoms with van der Waals surface area (Å²) in [5, 5.41) is 0.656. The smallest absolute Gasteiger partial charge is 0.166 e. The molecule has 0 aliphatic carbocycles. The quantitative estimate of drug-likeness (QED) is 0.915. The minimum absolute atomic E-state index is 0.231. The zero-order valence-electron chi connectivity index (χ0n) is 10.6. The lowest BCUT2D eigenvalue weighted by molar-refractivity contribution is 0.436. The Morgan fingerprint density at radius 2 is 2.05 bits per heavy atom. The van der Waals surface area contributed by atoms with Crippen molar-refractivity contribution in [1.29, 1.82) is 0 Å². The van der Waals surface area contributed by atoms with Crippen molar-refractivity contribution in [2.75, 3.05) is 6.54 Å². The van der Waals surface area contributed by atoms with E-state index in [1.165, 1.54) is 6.07 Å². The number of hydrogen-bond acceptors (Lipinski definition) is 2. The first kappa shape index (κ1) is 13.8. The zero-order valence-corrected chi connectivity index (χ0v) is 11.4. The molecule has 2 aromatic carbocycles. The average Bonchev–Trinajstić information content (AvgIpc) is 2.38. The van der Waals surface area contributed by atoms with Crippen molar-refractivity contribution in [3.05, 3.63) is 58.4 Å². The Morgan fingerprint density at radius 3 is 2.74 bits per heavy atom. The number of para-hydroxylation sites is 1. The lowest BCUT2D eigenvalue weighted by Gasteiger charge is -2.12. The van der Waals surface area contributed by atoms with E-state index >= 15 is 0 Å². The molecule has 0 aliphatic rings. The molecule has 0 atom stereocenters. The van der Waals surface area contributed by atoms with E-state index in [0.29, 0.717) is 23.7 Å². The van der Waals surface area contributed by atoms with Crippen molar-refractivity contribution in [2.24, 2.45) is 5.73 Å². The van der Waals surface area contributed by atoms with Crippen LogP contribution in [-0.2, 0) is 6.42 Å². The monoisotopic (exact) mass is 279 g/mol. The van der Waals surface area contributed by atoms with Crippen LogP contribution >= 0.6 is 11.6 Å². The molecule has 0 saturated heterocycles. The summed E-state index contributed by atoms with van der Waals surface area (Å²) in [6, 6.07) is 10.1. The molecule has 0 aromatic heterocycles. The molecule has 0 amide bonds. The van der Waals surface area contributed by atoms with Crippen molar-refractivity contribution in [1.82, 2.24) is 0 Å². The summed E-state index contributed by atoms with van der Waals surface area (Å²) in [5.74, 6) is 0.401. The summed E-state index contributed by atoms with van der Waals surface area (Å²) in [6.45, 7) is 2.32. The third-order valence-electron chi connectivity index (χ3n) is 2.81. The Labute approximate surface area is 117 Å². The molecule has 2 aromatic rings. The third-order valence-corrected chi connectivity index (χ3v) is 3.24. The fourth-order valence-electron chi connectivity index (χ4n) is 1.82. The molecular weight excluding hydrogens is 265 g/mol. The van der Waals surface area contributed by atoms with Gasteiger partial charge in [-0.1, -0.05) is 23.7 Å². The standard InChI is InChI=1S/C15H15ClFNO/c1-10-9-12(5-6-13(10)16)19-15-11(7-8-18)3-2-4-14(15)17/h2-6,9H,7-8,18H2,1H3. The molecule has 100 valence electrons. The van der Waals surface area contributed by atoms with Gasteiger partial charge in [0, 0.05) is 5.02 Å². The minimum atomic E-state index is -0.390. The number of benzene rings is 2. The van der Waals surface area contributed by atoms with Gasteiger partial charge in [0.2, 0.25) is 0 Å². The van der Waals surface area contributed by atoms with Crippen LogP contribution in [0.2, 0.25) is 5.02 Å². The number of nitrogens with two attached hydrogens (primary N) is 1. The zero-order chi connectivity index (χ0) is 13.8. The van der Waals surface area contributed by atoms with Crippen LogP contribution in [0.15, 0.2) is 36.4 Å². The first-order chi connectivity index (χ1) is 9.11. The highest BCUT2D eigenvalue weighted by atomic mass is 35.5. The van der Waals surface area contributed by atoms with Crippen molar-refractivity contribution in [2.45, 2.75) is 13.3 Å². The van der Waals surface area contributed by atoms with Gasteiger partial charge in [-0.3, -0.25) is 0 Å². The molecule has 0 unspecified atom stereocenters. The maximum atomic E-state index is 13.8. The fourth-order valence-corrected chi connectivity index (χ4v) is 1.94. The Balaban J connectivity index is 2.34. The summed E-state index contributed by atoms with van der Waals surface area (Å²) >= 11 is 5.95. The van der Waals surface area contributed by atoms with E-state index in [-0.39, 0.29) is 5.75 Å². The van der Waals surface area contributed by atoms with Gasteiger partial charge in [-0.2, -0.15) is 0 Å². The van der Waals surface area contributed by atoms with Gasteiger partial charge in [-0.15, -0.1) is 0 Å². The average molecular weight is 280 g/mol. The molecule has 2 N–H and O–H groups in total. The van der Waals surface area contributed by atoms with E-state index in [4.69, 9.17) is 22.1 Å². The van der Waals surface area contributed by atoms with Crippen LogP contribution < -0.4 is 10.5 Å². The van der Waals surface area contributed by atoms with E-state index in [2.05, 4.69) is 0 Å². The van der Waals surface area contributed by atoms with Gasteiger partial charge in [0.05, 0.1) is 0 Å². The predicted octanol–water partition coefficient (Wildman–Crippen LogP) is 4.08. The third kappa shape index (κ3) is 3.25. The van der Waals surface area contributed by atoms with Crippen LogP contribution in [0.3, 0.4) is 0 Å². The fraction of sp³-hybridized carbons (Fsp3) is 0.200. The summed E-state index contributed by atoms with van der Waals surface area (Å²) in [6.07, 6.45) is 0.569. The highest BCUT2D eigenvalue weighted by molar-refractivity contribution is 6.31. The number of hydrogen-bond donors (Lipinski definition) is 1. The maximum absolute atomic E-state index is 13.8. The molecule has 0 radical (unpaired) electrons. The second-order valence-electron chi connectivity index (χ2n) is 4.28. The lowest BCUT2D eigenvalue weighted by Crippen LogP contribution is -2.05. The van der Waals surface area contributed by atoms with Gasteiger partial charge in [-0.25, -0.2) is 4.39 Å². The van der Waals surface area contributed by atoms with Crippen LogP contribution in [0.1, 0.15) is 11.1 Å². The van der Waals surface area contributed by atoms with Gasteiger partial charge in [0.1, 0.15) is 5.75 Å². The Bertz CT molecular complexity index is 586. The number of halogens is 2. The van der Waals surface area contributed by atoms with E-state index < -0.39 is 5.82 Å². The van der Waals surface area contributed by atoms with Crippen molar-refractivity contribution < 1.29 is 9.13 Å². The molecule has 0 fully saturated rings. The van der Waals surface area contributed by atoms with Crippen LogP contribution in [0.4, 0.5) is 4.39 Å². The van der Waals surface area contributed by atoms with Crippen LogP contribution in [0.5, 0.6) is 11.5 Å². The molecule has 0 heterocycles. The van der Waals surface area contributed by atoms with Crippen molar-refractivity contribution in [3.63, 3.8) is 0 Å². The molecule has 0 spiro atoms. The maximum Gasteiger partial charge on any atom is 0.166 e. The van der Waals surface area contributed by atoms with Gasteiger partial charge in [0.15, 0.2) is 11.6 Å². The van der Waals surface area contributed by atoms with E-state index in [1.54, 1.807) is 24.3 Å². The number of ether oxygens (including phenoxy) is 1.